The molecule has 4 heteroatoms. The number of hydrogen-bond donors (Lipinski definition) is 1. The van der Waals surface area contributed by atoms with Gasteiger partial charge in [0, 0.05) is 12.6 Å². The highest BCUT2D eigenvalue weighted by Crippen LogP contribution is 2.41. The maximum atomic E-state index is 9.11. The van der Waals surface area contributed by atoms with E-state index in [-0.39, 0.29) is 12.0 Å². The first kappa shape index (κ1) is 16.9. The highest BCUT2D eigenvalue weighted by molar-refractivity contribution is 5.27. The maximum Gasteiger partial charge on any atom is 0.0867 e. The lowest BCUT2D eigenvalue weighted by atomic mass is 9.71. The van der Waals surface area contributed by atoms with Crippen LogP contribution in [0.2, 0.25) is 0 Å². The predicted octanol–water partition coefficient (Wildman–Crippen LogP) is 3.89. The van der Waals surface area contributed by atoms with E-state index in [0.29, 0.717) is 6.54 Å². The molecule has 0 amide bonds. The van der Waals surface area contributed by atoms with Gasteiger partial charge in [-0.15, -0.1) is 5.10 Å². The monoisotopic (exact) mass is 325 g/mol. The Labute approximate surface area is 144 Å². The summed E-state index contributed by atoms with van der Waals surface area (Å²) in [5.41, 5.74) is 6.48. The molecule has 0 aliphatic heterocycles. The van der Waals surface area contributed by atoms with Gasteiger partial charge in [0.25, 0.3) is 0 Å². The largest absolute Gasteiger partial charge is 0.392 e. The van der Waals surface area contributed by atoms with Crippen LogP contribution in [-0.4, -0.2) is 20.1 Å². The summed E-state index contributed by atoms with van der Waals surface area (Å²) in [5, 5.41) is 17.8. The Morgan fingerprint density at radius 2 is 1.88 bits per heavy atom. The lowest BCUT2D eigenvalue weighted by Gasteiger charge is -2.34. The van der Waals surface area contributed by atoms with Crippen molar-refractivity contribution in [3.8, 4) is 0 Å². The Kier molecular flexibility index (Phi) is 4.86. The zero-order valence-corrected chi connectivity index (χ0v) is 14.9. The second kappa shape index (κ2) is 6.89. The van der Waals surface area contributed by atoms with Gasteiger partial charge < -0.3 is 5.11 Å². The van der Waals surface area contributed by atoms with Crippen LogP contribution < -0.4 is 0 Å². The van der Waals surface area contributed by atoms with Crippen LogP contribution in [0.4, 0.5) is 0 Å². The smallest absolute Gasteiger partial charge is 0.0867 e. The van der Waals surface area contributed by atoms with E-state index in [2.05, 4.69) is 37.3 Å². The van der Waals surface area contributed by atoms with E-state index >= 15 is 0 Å². The summed E-state index contributed by atoms with van der Waals surface area (Å²) in [6.45, 7) is 7.75. The van der Waals surface area contributed by atoms with Crippen LogP contribution in [0.5, 0.6) is 0 Å². The Morgan fingerprint density at radius 3 is 2.54 bits per heavy atom. The minimum atomic E-state index is 0.0814. The van der Waals surface area contributed by atoms with Crippen molar-refractivity contribution in [1.82, 2.24) is 15.0 Å². The molecule has 4 nitrogen and oxygen atoms in total. The van der Waals surface area contributed by atoms with E-state index in [9.17, 15) is 0 Å². The Balaban J connectivity index is 1.71. The summed E-state index contributed by atoms with van der Waals surface area (Å²) in [4.78, 5) is 0. The normalized spacial score (nSPS) is 17.3. The Morgan fingerprint density at radius 1 is 1.17 bits per heavy atom. The number of rotatable bonds is 5. The van der Waals surface area contributed by atoms with Gasteiger partial charge in [0.15, 0.2) is 0 Å². The van der Waals surface area contributed by atoms with Gasteiger partial charge >= 0.3 is 0 Å². The van der Waals surface area contributed by atoms with Crippen molar-refractivity contribution < 1.29 is 5.11 Å². The number of aliphatic hydroxyl groups excluding tert-OH is 1. The summed E-state index contributed by atoms with van der Waals surface area (Å²) in [6, 6.07) is 7.96. The molecule has 1 aromatic heterocycles. The number of allylic oxidation sites excluding steroid dienone is 2. The van der Waals surface area contributed by atoms with Crippen molar-refractivity contribution in [2.75, 3.05) is 0 Å². The number of nitrogens with zero attached hydrogens (tertiary/aromatic N) is 3. The van der Waals surface area contributed by atoms with E-state index in [1.54, 1.807) is 0 Å². The van der Waals surface area contributed by atoms with Crippen molar-refractivity contribution >= 4 is 0 Å². The number of aliphatic hydroxyl groups is 1. The van der Waals surface area contributed by atoms with Gasteiger partial charge in [-0.2, -0.15) is 0 Å². The second-order valence-corrected chi connectivity index (χ2v) is 7.56. The van der Waals surface area contributed by atoms with Gasteiger partial charge in [-0.1, -0.05) is 54.5 Å². The maximum absolute atomic E-state index is 9.11. The minimum absolute atomic E-state index is 0.0814. The highest BCUT2D eigenvalue weighted by Gasteiger charge is 2.28. The molecule has 0 saturated heterocycles. The molecule has 1 aliphatic rings. The van der Waals surface area contributed by atoms with Gasteiger partial charge in [-0.3, -0.25) is 0 Å². The molecular formula is C20H27N3O. The van der Waals surface area contributed by atoms with Crippen LogP contribution >= 0.6 is 0 Å². The molecule has 1 aromatic carbocycles. The minimum Gasteiger partial charge on any atom is -0.392 e. The van der Waals surface area contributed by atoms with Crippen LogP contribution in [0.15, 0.2) is 41.6 Å². The molecule has 1 heterocycles. The van der Waals surface area contributed by atoms with Gasteiger partial charge in [0.05, 0.1) is 18.8 Å². The summed E-state index contributed by atoms with van der Waals surface area (Å²) < 4.78 is 1.90. The van der Waals surface area contributed by atoms with Crippen molar-refractivity contribution in [3.63, 3.8) is 0 Å². The van der Waals surface area contributed by atoms with Crippen LogP contribution in [-0.2, 0) is 19.6 Å². The molecular weight excluding hydrogens is 298 g/mol. The van der Waals surface area contributed by atoms with E-state index in [4.69, 9.17) is 5.11 Å². The second-order valence-electron chi connectivity index (χ2n) is 7.56. The van der Waals surface area contributed by atoms with E-state index in [1.807, 2.05) is 28.9 Å². The molecule has 24 heavy (non-hydrogen) atoms. The first-order chi connectivity index (χ1) is 11.5. The van der Waals surface area contributed by atoms with E-state index in [0.717, 1.165) is 23.2 Å². The third kappa shape index (κ3) is 3.75. The molecule has 0 spiro atoms. The van der Waals surface area contributed by atoms with Crippen LogP contribution in [0.1, 0.15) is 56.9 Å². The average Bonchev–Trinajstić information content (AvgIpc) is 2.99. The molecule has 128 valence electrons. The first-order valence-corrected chi connectivity index (χ1v) is 8.75. The molecule has 0 bridgehead atoms. The third-order valence-electron chi connectivity index (χ3n) is 5.18. The molecule has 0 atom stereocenters. The Hall–Kier alpha value is -1.94. The van der Waals surface area contributed by atoms with Crippen LogP contribution in [0, 0.1) is 5.41 Å². The SMILES string of the molecule is CC1=C(Cc2cn(Cc3ccc(CO)cc3)nn2)C(C)(C)CCC1. The lowest BCUT2D eigenvalue weighted by Crippen LogP contribution is -2.22. The van der Waals surface area contributed by atoms with Crippen LogP contribution in [0.3, 0.4) is 0 Å². The third-order valence-corrected chi connectivity index (χ3v) is 5.18. The van der Waals surface area contributed by atoms with Crippen LogP contribution in [0.25, 0.3) is 0 Å². The fraction of sp³-hybridized carbons (Fsp3) is 0.500. The van der Waals surface area contributed by atoms with E-state index < -0.39 is 0 Å². The van der Waals surface area contributed by atoms with Gasteiger partial charge in [-0.05, 0) is 42.7 Å². The molecule has 2 aromatic rings. The lowest BCUT2D eigenvalue weighted by molar-refractivity contribution is 0.282. The molecule has 3 rings (SSSR count). The molecule has 1 aliphatic carbocycles. The molecule has 0 fully saturated rings. The van der Waals surface area contributed by atoms with Crippen molar-refractivity contribution in [3.05, 3.63) is 58.4 Å². The highest BCUT2D eigenvalue weighted by atomic mass is 16.3. The van der Waals surface area contributed by atoms with Crippen molar-refractivity contribution in [2.24, 2.45) is 5.41 Å². The van der Waals surface area contributed by atoms with Crippen molar-refractivity contribution in [1.29, 1.82) is 0 Å². The molecule has 1 N–H and O–H groups in total. The fourth-order valence-corrected chi connectivity index (χ4v) is 3.68. The summed E-state index contributed by atoms with van der Waals surface area (Å²) in [7, 11) is 0. The Bertz CT molecular complexity index is 726. The molecule has 0 unspecified atom stereocenters. The average molecular weight is 325 g/mol. The summed E-state index contributed by atoms with van der Waals surface area (Å²) >= 11 is 0. The fourth-order valence-electron chi connectivity index (χ4n) is 3.68. The van der Waals surface area contributed by atoms with Gasteiger partial charge in [0.2, 0.25) is 0 Å². The number of hydrogen-bond acceptors (Lipinski definition) is 3. The van der Waals surface area contributed by atoms with E-state index in [1.165, 1.54) is 30.4 Å². The predicted molar refractivity (Wildman–Crippen MR) is 95.5 cm³/mol. The quantitative estimate of drug-likeness (QED) is 0.849. The summed E-state index contributed by atoms with van der Waals surface area (Å²) in [6.07, 6.45) is 6.72. The van der Waals surface area contributed by atoms with Gasteiger partial charge in [-0.25, -0.2) is 4.68 Å². The molecule has 0 radical (unpaired) electrons. The standard InChI is InChI=1S/C20H27N3O/c1-15-5-4-10-20(2,3)19(15)11-18-13-23(22-21-18)12-16-6-8-17(14-24)9-7-16/h6-9,13,24H,4-5,10-12,14H2,1-3H3. The first-order valence-electron chi connectivity index (χ1n) is 8.75. The number of aromatic nitrogens is 3. The zero-order valence-electron chi connectivity index (χ0n) is 14.9. The van der Waals surface area contributed by atoms with Crippen molar-refractivity contribution in [2.45, 2.75) is 59.6 Å². The zero-order chi connectivity index (χ0) is 17.2. The number of benzene rings is 1. The van der Waals surface area contributed by atoms with Gasteiger partial charge in [0.1, 0.15) is 0 Å². The summed E-state index contributed by atoms with van der Waals surface area (Å²) in [5.74, 6) is 0. The topological polar surface area (TPSA) is 50.9 Å². The molecule has 0 saturated carbocycles.